The second-order valence-electron chi connectivity index (χ2n) is 5.39. The molecular weight excluding hydrogens is 228 g/mol. The van der Waals surface area contributed by atoms with Gasteiger partial charge in [0.05, 0.1) is 6.04 Å². The Kier molecular flexibility index (Phi) is 3.90. The first-order chi connectivity index (χ1) is 8.93. The van der Waals surface area contributed by atoms with E-state index in [-0.39, 0.29) is 6.04 Å². The number of nitrogens with one attached hydrogen (secondary N) is 2. The number of aromatic nitrogens is 2. The van der Waals surface area contributed by atoms with Crippen LogP contribution in [0.25, 0.3) is 0 Å². The summed E-state index contributed by atoms with van der Waals surface area (Å²) in [6.07, 6.45) is 7.30. The molecule has 18 heavy (non-hydrogen) atoms. The smallest absolute Gasteiger partial charge is 0.243 e. The van der Waals surface area contributed by atoms with Crippen LogP contribution in [0, 0.1) is 0 Å². The van der Waals surface area contributed by atoms with E-state index < -0.39 is 0 Å². The molecule has 0 radical (unpaired) electrons. The average molecular weight is 250 g/mol. The van der Waals surface area contributed by atoms with Gasteiger partial charge in [-0.05, 0) is 38.8 Å². The van der Waals surface area contributed by atoms with E-state index in [0.717, 1.165) is 37.8 Å². The Morgan fingerprint density at radius 1 is 1.06 bits per heavy atom. The van der Waals surface area contributed by atoms with E-state index in [1.54, 1.807) is 0 Å². The molecule has 0 aromatic carbocycles. The lowest BCUT2D eigenvalue weighted by molar-refractivity contribution is 0.320. The third-order valence-corrected chi connectivity index (χ3v) is 3.98. The monoisotopic (exact) mass is 250 g/mol. The topological polar surface area (TPSA) is 63.0 Å². The van der Waals surface area contributed by atoms with Crippen LogP contribution >= 0.6 is 0 Å². The molecule has 2 saturated heterocycles. The molecule has 1 aromatic heterocycles. The molecule has 2 aliphatic rings. The molecule has 0 saturated carbocycles. The van der Waals surface area contributed by atoms with Crippen molar-refractivity contribution >= 4 is 0 Å². The van der Waals surface area contributed by atoms with Crippen LogP contribution in [0.3, 0.4) is 0 Å². The Morgan fingerprint density at radius 3 is 2.94 bits per heavy atom. The number of piperidine rings is 1. The van der Waals surface area contributed by atoms with Crippen LogP contribution in [-0.2, 0) is 0 Å². The molecule has 0 amide bonds. The summed E-state index contributed by atoms with van der Waals surface area (Å²) in [5.41, 5.74) is 0. The third kappa shape index (κ3) is 2.72. The maximum Gasteiger partial charge on any atom is 0.243 e. The van der Waals surface area contributed by atoms with Crippen LogP contribution in [-0.4, -0.2) is 29.8 Å². The lowest BCUT2D eigenvalue weighted by atomic mass is 9.99. The van der Waals surface area contributed by atoms with E-state index >= 15 is 0 Å². The van der Waals surface area contributed by atoms with E-state index in [2.05, 4.69) is 20.8 Å². The van der Waals surface area contributed by atoms with E-state index in [9.17, 15) is 0 Å². The average Bonchev–Trinajstić information content (AvgIpc) is 2.76. The predicted molar refractivity (Wildman–Crippen MR) is 68.4 cm³/mol. The van der Waals surface area contributed by atoms with Crippen molar-refractivity contribution < 1.29 is 4.52 Å². The molecule has 2 unspecified atom stereocenters. The number of nitrogens with zero attached hydrogens (tertiary/aromatic N) is 2. The molecule has 2 aliphatic heterocycles. The highest BCUT2D eigenvalue weighted by atomic mass is 16.5. The highest BCUT2D eigenvalue weighted by Crippen LogP contribution is 2.25. The molecule has 2 atom stereocenters. The molecule has 5 heteroatoms. The molecule has 0 aliphatic carbocycles. The van der Waals surface area contributed by atoms with E-state index in [1.165, 1.54) is 32.1 Å². The summed E-state index contributed by atoms with van der Waals surface area (Å²) in [4.78, 5) is 4.62. The molecule has 100 valence electrons. The molecule has 2 N–H and O–H groups in total. The minimum Gasteiger partial charge on any atom is -0.338 e. The van der Waals surface area contributed by atoms with Crippen LogP contribution in [0.4, 0.5) is 0 Å². The second kappa shape index (κ2) is 5.80. The third-order valence-electron chi connectivity index (χ3n) is 3.98. The van der Waals surface area contributed by atoms with Gasteiger partial charge in [0, 0.05) is 12.5 Å². The first-order valence-electron chi connectivity index (χ1n) is 7.21. The quantitative estimate of drug-likeness (QED) is 0.837. The van der Waals surface area contributed by atoms with Gasteiger partial charge in [-0.1, -0.05) is 18.0 Å². The van der Waals surface area contributed by atoms with Crippen LogP contribution in [0.15, 0.2) is 4.52 Å². The highest BCUT2D eigenvalue weighted by molar-refractivity contribution is 5.01. The summed E-state index contributed by atoms with van der Waals surface area (Å²) >= 11 is 0. The van der Waals surface area contributed by atoms with Crippen LogP contribution < -0.4 is 10.6 Å². The van der Waals surface area contributed by atoms with Crippen molar-refractivity contribution in [3.8, 4) is 0 Å². The minimum atomic E-state index is 0.269. The first kappa shape index (κ1) is 12.1. The van der Waals surface area contributed by atoms with E-state index in [0.29, 0.717) is 5.92 Å². The van der Waals surface area contributed by atoms with Gasteiger partial charge in [0.2, 0.25) is 5.89 Å². The van der Waals surface area contributed by atoms with Gasteiger partial charge in [-0.15, -0.1) is 0 Å². The van der Waals surface area contributed by atoms with Crippen molar-refractivity contribution in [1.82, 2.24) is 20.8 Å². The SMILES string of the molecule is C1CCNC(c2nc(C3CCCNC3)no2)CC1. The summed E-state index contributed by atoms with van der Waals surface area (Å²) in [5.74, 6) is 2.11. The zero-order valence-corrected chi connectivity index (χ0v) is 10.8. The molecule has 0 spiro atoms. The normalized spacial score (nSPS) is 30.0. The Balaban J connectivity index is 1.67. The Bertz CT molecular complexity index is 365. The van der Waals surface area contributed by atoms with Gasteiger partial charge in [-0.25, -0.2) is 0 Å². The highest BCUT2D eigenvalue weighted by Gasteiger charge is 2.24. The molecule has 5 nitrogen and oxygen atoms in total. The van der Waals surface area contributed by atoms with Gasteiger partial charge in [0.25, 0.3) is 0 Å². The summed E-state index contributed by atoms with van der Waals surface area (Å²) in [7, 11) is 0. The van der Waals surface area contributed by atoms with Crippen molar-refractivity contribution in [2.45, 2.75) is 50.5 Å². The number of rotatable bonds is 2. The fraction of sp³-hybridized carbons (Fsp3) is 0.846. The Labute approximate surface area is 108 Å². The molecular formula is C13H22N4O. The lowest BCUT2D eigenvalue weighted by Crippen LogP contribution is -2.29. The molecule has 3 heterocycles. The van der Waals surface area contributed by atoms with Crippen molar-refractivity contribution in [3.05, 3.63) is 11.7 Å². The zero-order chi connectivity index (χ0) is 12.2. The summed E-state index contributed by atoms with van der Waals surface area (Å²) in [6.45, 7) is 3.16. The zero-order valence-electron chi connectivity index (χ0n) is 10.8. The van der Waals surface area contributed by atoms with E-state index in [1.807, 2.05) is 0 Å². The maximum absolute atomic E-state index is 5.46. The van der Waals surface area contributed by atoms with Crippen LogP contribution in [0.5, 0.6) is 0 Å². The van der Waals surface area contributed by atoms with Crippen LogP contribution in [0.1, 0.15) is 62.2 Å². The Hall–Kier alpha value is -0.940. The van der Waals surface area contributed by atoms with Crippen LogP contribution in [0.2, 0.25) is 0 Å². The van der Waals surface area contributed by atoms with Gasteiger partial charge < -0.3 is 15.2 Å². The van der Waals surface area contributed by atoms with E-state index in [4.69, 9.17) is 4.52 Å². The first-order valence-corrected chi connectivity index (χ1v) is 7.21. The van der Waals surface area contributed by atoms with Crippen molar-refractivity contribution in [2.75, 3.05) is 19.6 Å². The van der Waals surface area contributed by atoms with Gasteiger partial charge >= 0.3 is 0 Å². The fourth-order valence-electron chi connectivity index (χ4n) is 2.87. The van der Waals surface area contributed by atoms with Crippen molar-refractivity contribution in [3.63, 3.8) is 0 Å². The molecule has 0 bridgehead atoms. The van der Waals surface area contributed by atoms with Gasteiger partial charge in [0.1, 0.15) is 0 Å². The summed E-state index contributed by atoms with van der Waals surface area (Å²) in [5, 5.41) is 11.1. The van der Waals surface area contributed by atoms with Gasteiger partial charge in [0.15, 0.2) is 5.82 Å². The standard InChI is InChI=1S/C13H22N4O/c1-2-6-11(15-8-3-1)13-16-12(17-18-13)10-5-4-7-14-9-10/h10-11,14-15H,1-9H2. The van der Waals surface area contributed by atoms with Gasteiger partial charge in [-0.2, -0.15) is 4.98 Å². The maximum atomic E-state index is 5.46. The van der Waals surface area contributed by atoms with Gasteiger partial charge in [-0.3, -0.25) is 0 Å². The minimum absolute atomic E-state index is 0.269. The molecule has 2 fully saturated rings. The van der Waals surface area contributed by atoms with Crippen molar-refractivity contribution in [2.24, 2.45) is 0 Å². The fourth-order valence-corrected chi connectivity index (χ4v) is 2.87. The molecule has 1 aromatic rings. The van der Waals surface area contributed by atoms with Crippen molar-refractivity contribution in [1.29, 1.82) is 0 Å². The second-order valence-corrected chi connectivity index (χ2v) is 5.39. The Morgan fingerprint density at radius 2 is 2.06 bits per heavy atom. The summed E-state index contributed by atoms with van der Waals surface area (Å²) in [6, 6.07) is 0.269. The molecule has 3 rings (SSSR count). The predicted octanol–water partition coefficient (Wildman–Crippen LogP) is 1.74. The number of hydrogen-bond donors (Lipinski definition) is 2. The number of hydrogen-bond acceptors (Lipinski definition) is 5. The summed E-state index contributed by atoms with van der Waals surface area (Å²) < 4.78 is 5.46. The largest absolute Gasteiger partial charge is 0.338 e. The lowest BCUT2D eigenvalue weighted by Gasteiger charge is -2.19.